The van der Waals surface area contributed by atoms with Crippen molar-refractivity contribution in [2.75, 3.05) is 32.9 Å². The van der Waals surface area contributed by atoms with E-state index in [0.717, 1.165) is 32.3 Å². The Bertz CT molecular complexity index is 170. The van der Waals surface area contributed by atoms with Crippen molar-refractivity contribution in [3.05, 3.63) is 0 Å². The second-order valence-electron chi connectivity index (χ2n) is 4.35. The predicted octanol–water partition coefficient (Wildman–Crippen LogP) is 0.742. The summed E-state index contributed by atoms with van der Waals surface area (Å²) in [5.74, 6) is 0.771. The van der Waals surface area contributed by atoms with Crippen molar-refractivity contribution in [1.82, 2.24) is 4.90 Å². The van der Waals surface area contributed by atoms with Crippen LogP contribution in [0.25, 0.3) is 0 Å². The number of nitrogens with zero attached hydrogens (tertiary/aromatic N) is 1. The van der Waals surface area contributed by atoms with Crippen LogP contribution in [0.2, 0.25) is 0 Å². The Labute approximate surface area is 80.0 Å². The number of hydrogen-bond donors (Lipinski definition) is 0. The van der Waals surface area contributed by atoms with E-state index in [1.54, 1.807) is 0 Å². The Balaban J connectivity index is 1.80. The van der Waals surface area contributed by atoms with Crippen molar-refractivity contribution in [2.45, 2.75) is 26.0 Å². The van der Waals surface area contributed by atoms with Crippen LogP contribution in [-0.2, 0) is 9.47 Å². The summed E-state index contributed by atoms with van der Waals surface area (Å²) in [4.78, 5) is 2.53. The van der Waals surface area contributed by atoms with Gasteiger partial charge < -0.3 is 9.47 Å². The standard InChI is InChI=1S/C10H19NO2/c1-8-5-13-9(2)3-11(8)4-10-6-12-7-10/h8-10H,3-7H2,1-2H3. The van der Waals surface area contributed by atoms with Crippen molar-refractivity contribution in [2.24, 2.45) is 5.92 Å². The molecule has 2 aliphatic heterocycles. The van der Waals surface area contributed by atoms with E-state index in [2.05, 4.69) is 18.7 Å². The molecule has 0 saturated carbocycles. The maximum Gasteiger partial charge on any atom is 0.0674 e. The molecular formula is C10H19NO2. The molecule has 0 radical (unpaired) electrons. The lowest BCUT2D eigenvalue weighted by molar-refractivity contribution is -0.0903. The van der Waals surface area contributed by atoms with Crippen molar-refractivity contribution >= 4 is 0 Å². The highest BCUT2D eigenvalue weighted by Crippen LogP contribution is 2.17. The average Bonchev–Trinajstić information content (AvgIpc) is 2.03. The van der Waals surface area contributed by atoms with Gasteiger partial charge in [0.05, 0.1) is 25.9 Å². The molecule has 13 heavy (non-hydrogen) atoms. The van der Waals surface area contributed by atoms with E-state index in [4.69, 9.17) is 9.47 Å². The number of rotatable bonds is 2. The fourth-order valence-corrected chi connectivity index (χ4v) is 1.95. The Morgan fingerprint density at radius 1 is 1.23 bits per heavy atom. The van der Waals surface area contributed by atoms with E-state index in [0.29, 0.717) is 12.1 Å². The summed E-state index contributed by atoms with van der Waals surface area (Å²) >= 11 is 0. The van der Waals surface area contributed by atoms with E-state index in [1.165, 1.54) is 6.54 Å². The molecule has 0 aliphatic carbocycles. The highest BCUT2D eigenvalue weighted by Gasteiger charge is 2.28. The molecule has 0 aromatic heterocycles. The van der Waals surface area contributed by atoms with Crippen molar-refractivity contribution in [1.29, 1.82) is 0 Å². The van der Waals surface area contributed by atoms with Gasteiger partial charge in [-0.25, -0.2) is 0 Å². The smallest absolute Gasteiger partial charge is 0.0674 e. The zero-order valence-corrected chi connectivity index (χ0v) is 8.53. The average molecular weight is 185 g/mol. The van der Waals surface area contributed by atoms with Crippen LogP contribution in [0.4, 0.5) is 0 Å². The largest absolute Gasteiger partial charge is 0.381 e. The molecule has 3 nitrogen and oxygen atoms in total. The molecule has 2 heterocycles. The third kappa shape index (κ3) is 2.22. The van der Waals surface area contributed by atoms with Crippen LogP contribution in [0.3, 0.4) is 0 Å². The van der Waals surface area contributed by atoms with Gasteiger partial charge in [0.25, 0.3) is 0 Å². The highest BCUT2D eigenvalue weighted by atomic mass is 16.5. The summed E-state index contributed by atoms with van der Waals surface area (Å²) in [7, 11) is 0. The molecular weight excluding hydrogens is 166 g/mol. The van der Waals surface area contributed by atoms with Gasteiger partial charge in [0, 0.05) is 25.0 Å². The van der Waals surface area contributed by atoms with Crippen molar-refractivity contribution < 1.29 is 9.47 Å². The van der Waals surface area contributed by atoms with Crippen LogP contribution in [0.5, 0.6) is 0 Å². The van der Waals surface area contributed by atoms with Crippen LogP contribution >= 0.6 is 0 Å². The van der Waals surface area contributed by atoms with Crippen molar-refractivity contribution in [3.8, 4) is 0 Å². The second-order valence-corrected chi connectivity index (χ2v) is 4.35. The first-order valence-corrected chi connectivity index (χ1v) is 5.19. The maximum atomic E-state index is 5.58. The predicted molar refractivity (Wildman–Crippen MR) is 50.8 cm³/mol. The van der Waals surface area contributed by atoms with Gasteiger partial charge in [0.15, 0.2) is 0 Å². The molecule has 0 spiro atoms. The molecule has 0 amide bonds. The van der Waals surface area contributed by atoms with Crippen LogP contribution < -0.4 is 0 Å². The fraction of sp³-hybridized carbons (Fsp3) is 1.00. The van der Waals surface area contributed by atoms with E-state index in [1.807, 2.05) is 0 Å². The van der Waals surface area contributed by atoms with Gasteiger partial charge in [-0.05, 0) is 13.8 Å². The van der Waals surface area contributed by atoms with E-state index in [-0.39, 0.29) is 0 Å². The first-order valence-electron chi connectivity index (χ1n) is 5.19. The van der Waals surface area contributed by atoms with E-state index in [9.17, 15) is 0 Å². The molecule has 3 heteroatoms. The summed E-state index contributed by atoms with van der Waals surface area (Å²) in [5.41, 5.74) is 0. The molecule has 2 saturated heterocycles. The molecule has 2 rings (SSSR count). The maximum absolute atomic E-state index is 5.58. The fourth-order valence-electron chi connectivity index (χ4n) is 1.95. The van der Waals surface area contributed by atoms with Gasteiger partial charge in [-0.3, -0.25) is 4.90 Å². The van der Waals surface area contributed by atoms with Gasteiger partial charge in [0.2, 0.25) is 0 Å². The first-order chi connectivity index (χ1) is 6.25. The normalized spacial score (nSPS) is 37.4. The third-order valence-electron chi connectivity index (χ3n) is 2.94. The molecule has 2 aliphatic rings. The first kappa shape index (κ1) is 9.44. The number of morpholine rings is 1. The molecule has 2 unspecified atom stereocenters. The summed E-state index contributed by atoms with van der Waals surface area (Å²) < 4.78 is 10.8. The topological polar surface area (TPSA) is 21.7 Å². The molecule has 0 bridgehead atoms. The summed E-state index contributed by atoms with van der Waals surface area (Å²) in [6.45, 7) is 9.46. The lowest BCUT2D eigenvalue weighted by Crippen LogP contribution is -2.51. The van der Waals surface area contributed by atoms with Gasteiger partial charge in [-0.15, -0.1) is 0 Å². The summed E-state index contributed by atoms with van der Waals surface area (Å²) in [6, 6.07) is 0.580. The quantitative estimate of drug-likeness (QED) is 0.633. The minimum absolute atomic E-state index is 0.400. The minimum Gasteiger partial charge on any atom is -0.381 e. The van der Waals surface area contributed by atoms with Crippen LogP contribution in [0.15, 0.2) is 0 Å². The lowest BCUT2D eigenvalue weighted by Gasteiger charge is -2.40. The Morgan fingerprint density at radius 2 is 2.00 bits per heavy atom. The molecule has 0 aromatic carbocycles. The molecule has 0 aromatic rings. The van der Waals surface area contributed by atoms with Gasteiger partial charge >= 0.3 is 0 Å². The lowest BCUT2D eigenvalue weighted by atomic mass is 10.1. The van der Waals surface area contributed by atoms with Crippen LogP contribution in [-0.4, -0.2) is 50.0 Å². The van der Waals surface area contributed by atoms with E-state index >= 15 is 0 Å². The number of ether oxygens (including phenoxy) is 2. The van der Waals surface area contributed by atoms with Crippen LogP contribution in [0.1, 0.15) is 13.8 Å². The van der Waals surface area contributed by atoms with Gasteiger partial charge in [0.1, 0.15) is 0 Å². The van der Waals surface area contributed by atoms with Crippen LogP contribution in [0, 0.1) is 5.92 Å². The summed E-state index contributed by atoms with van der Waals surface area (Å²) in [6.07, 6.45) is 0.400. The van der Waals surface area contributed by atoms with Gasteiger partial charge in [-0.1, -0.05) is 0 Å². The van der Waals surface area contributed by atoms with Gasteiger partial charge in [-0.2, -0.15) is 0 Å². The Hall–Kier alpha value is -0.120. The Morgan fingerprint density at radius 3 is 2.62 bits per heavy atom. The zero-order valence-electron chi connectivity index (χ0n) is 8.53. The summed E-state index contributed by atoms with van der Waals surface area (Å²) in [5, 5.41) is 0. The third-order valence-corrected chi connectivity index (χ3v) is 2.94. The van der Waals surface area contributed by atoms with Crippen molar-refractivity contribution in [3.63, 3.8) is 0 Å². The molecule has 2 fully saturated rings. The Kier molecular flexibility index (Phi) is 2.86. The molecule has 76 valence electrons. The highest BCUT2D eigenvalue weighted by molar-refractivity contribution is 4.79. The molecule has 2 atom stereocenters. The monoisotopic (exact) mass is 185 g/mol. The second kappa shape index (κ2) is 3.95. The van der Waals surface area contributed by atoms with E-state index < -0.39 is 0 Å². The minimum atomic E-state index is 0.400. The zero-order chi connectivity index (χ0) is 9.26. The number of hydrogen-bond acceptors (Lipinski definition) is 3. The SMILES string of the molecule is CC1CN(CC2COC2)C(C)CO1. The molecule has 0 N–H and O–H groups in total.